The molecule has 6 rings (SSSR count). The minimum absolute atomic E-state index is 0.0123. The number of thiazole rings is 1. The molecule has 39 heavy (non-hydrogen) atoms. The van der Waals surface area contributed by atoms with E-state index in [0.717, 1.165) is 48.4 Å². The second kappa shape index (κ2) is 10.8. The monoisotopic (exact) mass is 564 g/mol. The summed E-state index contributed by atoms with van der Waals surface area (Å²) < 4.78 is 51.8. The number of rotatable bonds is 6. The zero-order valence-corrected chi connectivity index (χ0v) is 22.2. The number of carbonyl (C=O) groups is 2. The van der Waals surface area contributed by atoms with Crippen LogP contribution >= 0.6 is 11.3 Å². The molecule has 3 aliphatic heterocycles. The van der Waals surface area contributed by atoms with Gasteiger partial charge in [-0.3, -0.25) is 14.5 Å². The summed E-state index contributed by atoms with van der Waals surface area (Å²) in [6.45, 7) is 2.82. The van der Waals surface area contributed by atoms with Gasteiger partial charge >= 0.3 is 6.18 Å². The molecule has 2 aromatic rings. The van der Waals surface area contributed by atoms with E-state index < -0.39 is 17.6 Å². The average molecular weight is 565 g/mol. The molecule has 0 spiro atoms. The molecule has 4 heterocycles. The van der Waals surface area contributed by atoms with Gasteiger partial charge in [-0.2, -0.15) is 13.2 Å². The van der Waals surface area contributed by atoms with Crippen LogP contribution in [0, 0.1) is 0 Å². The van der Waals surface area contributed by atoms with Gasteiger partial charge < -0.3 is 19.7 Å². The lowest BCUT2D eigenvalue weighted by Gasteiger charge is -2.31. The van der Waals surface area contributed by atoms with Crippen LogP contribution < -0.4 is 5.32 Å². The van der Waals surface area contributed by atoms with E-state index in [1.165, 1.54) is 11.0 Å². The molecule has 1 N–H and O–H groups in total. The molecule has 2 fully saturated rings. The van der Waals surface area contributed by atoms with Gasteiger partial charge in [-0.15, -0.1) is 11.3 Å². The van der Waals surface area contributed by atoms with Crippen LogP contribution in [0.2, 0.25) is 0 Å². The Morgan fingerprint density at radius 2 is 2.00 bits per heavy atom. The zero-order valence-electron chi connectivity index (χ0n) is 21.4. The molecule has 1 aromatic heterocycles. The molecule has 4 aliphatic rings. The number of carbonyl (C=O) groups excluding carboxylic acids is 2. The first-order valence-corrected chi connectivity index (χ1v) is 14.3. The quantitative estimate of drug-likeness (QED) is 0.581. The molecule has 0 saturated carbocycles. The number of benzene rings is 1. The lowest BCUT2D eigenvalue weighted by molar-refractivity contribution is -0.137. The van der Waals surface area contributed by atoms with Crippen molar-refractivity contribution >= 4 is 23.2 Å². The second-order valence-corrected chi connectivity index (χ2v) is 11.6. The van der Waals surface area contributed by atoms with E-state index >= 15 is 0 Å². The fraction of sp³-hybridized carbons (Fsp3) is 0.593. The number of hydrogen-bond donors (Lipinski definition) is 1. The number of aryl methyl sites for hydroxylation is 1. The number of likely N-dealkylation sites (tertiary alicyclic amines) is 1. The Morgan fingerprint density at radius 3 is 2.79 bits per heavy atom. The Hall–Kier alpha value is -2.54. The van der Waals surface area contributed by atoms with E-state index in [9.17, 15) is 22.8 Å². The smallest absolute Gasteiger partial charge is 0.381 e. The Kier molecular flexibility index (Phi) is 7.38. The number of hydrogen-bond acceptors (Lipinski definition) is 7. The number of halogens is 3. The number of amides is 2. The van der Waals surface area contributed by atoms with Gasteiger partial charge in [0.15, 0.2) is 0 Å². The van der Waals surface area contributed by atoms with Crippen LogP contribution in [0.3, 0.4) is 0 Å². The third-order valence-corrected chi connectivity index (χ3v) is 9.20. The molecule has 12 heteroatoms. The predicted molar refractivity (Wildman–Crippen MR) is 136 cm³/mol. The van der Waals surface area contributed by atoms with Crippen molar-refractivity contribution < 1.29 is 32.2 Å². The molecule has 1 aliphatic carbocycles. The van der Waals surface area contributed by atoms with Gasteiger partial charge in [-0.25, -0.2) is 4.98 Å². The summed E-state index contributed by atoms with van der Waals surface area (Å²) in [7, 11) is 0. The highest BCUT2D eigenvalue weighted by molar-refractivity contribution is 7.09. The van der Waals surface area contributed by atoms with E-state index in [2.05, 4.69) is 15.2 Å². The van der Waals surface area contributed by atoms with Gasteiger partial charge in [0.05, 0.1) is 46.4 Å². The van der Waals surface area contributed by atoms with E-state index in [-0.39, 0.29) is 42.8 Å². The van der Waals surface area contributed by atoms with Gasteiger partial charge in [0.25, 0.3) is 5.91 Å². The standard InChI is InChI=1S/C27H31F3N4O4S/c28-27(29,30)17-2-1-16-5-8-33(26(36)19(16)11-17)14-24(35)32-21-12-34(18-6-9-37-10-7-18)13-23(21)38-22-4-3-20-25(22)39-15-31-20/h1-2,11,15,18,21-23H,3-10,12-14H2,(H,32,35)/t21?,22?,23-/m0/s1. The van der Waals surface area contributed by atoms with Crippen molar-refractivity contribution in [2.75, 3.05) is 39.4 Å². The SMILES string of the molecule is O=C(CN1CCc2ccc(C(F)(F)F)cc2C1=O)NC1CN(C2CCOCC2)C[C@@H]1OC1CCc2ncsc21. The van der Waals surface area contributed by atoms with Gasteiger partial charge in [0, 0.05) is 44.5 Å². The van der Waals surface area contributed by atoms with Gasteiger partial charge in [-0.05, 0) is 49.8 Å². The molecular formula is C27H31F3N4O4S. The summed E-state index contributed by atoms with van der Waals surface area (Å²) in [6.07, 6.45) is -0.803. The first-order valence-electron chi connectivity index (χ1n) is 13.4. The highest BCUT2D eigenvalue weighted by Gasteiger charge is 2.41. The van der Waals surface area contributed by atoms with Gasteiger partial charge in [0.2, 0.25) is 5.91 Å². The Morgan fingerprint density at radius 1 is 1.18 bits per heavy atom. The summed E-state index contributed by atoms with van der Waals surface area (Å²) in [5.41, 5.74) is 2.64. The van der Waals surface area contributed by atoms with Crippen LogP contribution in [0.1, 0.15) is 57.4 Å². The second-order valence-electron chi connectivity index (χ2n) is 10.7. The summed E-state index contributed by atoms with van der Waals surface area (Å²) in [4.78, 5) is 35.5. The number of alkyl halides is 3. The number of fused-ring (bicyclic) bond motifs is 2. The minimum Gasteiger partial charge on any atom is -0.381 e. The van der Waals surface area contributed by atoms with Crippen LogP contribution in [0.25, 0.3) is 0 Å². The molecule has 3 atom stereocenters. The maximum absolute atomic E-state index is 13.2. The lowest BCUT2D eigenvalue weighted by atomic mass is 9.96. The summed E-state index contributed by atoms with van der Waals surface area (Å²) in [5, 5.41) is 3.09. The topological polar surface area (TPSA) is 84.0 Å². The van der Waals surface area contributed by atoms with Crippen LogP contribution in [-0.2, 0) is 33.3 Å². The van der Waals surface area contributed by atoms with Crippen LogP contribution in [0.15, 0.2) is 23.7 Å². The first-order chi connectivity index (χ1) is 18.8. The highest BCUT2D eigenvalue weighted by Crippen LogP contribution is 2.38. The maximum Gasteiger partial charge on any atom is 0.416 e. The molecule has 8 nitrogen and oxygen atoms in total. The van der Waals surface area contributed by atoms with Crippen LogP contribution in [0.5, 0.6) is 0 Å². The van der Waals surface area contributed by atoms with Crippen LogP contribution in [0.4, 0.5) is 13.2 Å². The largest absolute Gasteiger partial charge is 0.416 e. The maximum atomic E-state index is 13.2. The lowest BCUT2D eigenvalue weighted by Crippen LogP contribution is -2.50. The molecule has 0 radical (unpaired) electrons. The fourth-order valence-corrected chi connectivity index (χ4v) is 7.08. The average Bonchev–Trinajstić information content (AvgIpc) is 3.64. The Balaban J connectivity index is 1.13. The van der Waals surface area contributed by atoms with Crippen molar-refractivity contribution in [1.82, 2.24) is 20.1 Å². The highest BCUT2D eigenvalue weighted by atomic mass is 32.1. The van der Waals surface area contributed by atoms with E-state index in [1.54, 1.807) is 11.3 Å². The van der Waals surface area contributed by atoms with Crippen molar-refractivity contribution in [2.45, 2.75) is 62.6 Å². The molecule has 2 amide bonds. The molecule has 1 aromatic carbocycles. The normalized spacial score (nSPS) is 26.1. The van der Waals surface area contributed by atoms with Crippen molar-refractivity contribution in [3.8, 4) is 0 Å². The molecule has 210 valence electrons. The minimum atomic E-state index is -4.54. The number of aromatic nitrogens is 1. The van der Waals surface area contributed by atoms with E-state index in [1.807, 2.05) is 5.51 Å². The van der Waals surface area contributed by atoms with Crippen LogP contribution in [-0.4, -0.2) is 84.2 Å². The molecular weight excluding hydrogens is 533 g/mol. The Labute approximate surface area is 228 Å². The molecule has 2 unspecified atom stereocenters. The zero-order chi connectivity index (χ0) is 27.1. The van der Waals surface area contributed by atoms with E-state index in [4.69, 9.17) is 9.47 Å². The summed E-state index contributed by atoms with van der Waals surface area (Å²) in [6, 6.07) is 3.34. The van der Waals surface area contributed by atoms with Gasteiger partial charge in [0.1, 0.15) is 0 Å². The fourth-order valence-electron chi connectivity index (χ4n) is 6.17. The van der Waals surface area contributed by atoms with Crippen molar-refractivity contribution in [2.24, 2.45) is 0 Å². The first kappa shape index (κ1) is 26.7. The number of nitrogens with zero attached hydrogens (tertiary/aromatic N) is 3. The molecule has 0 bridgehead atoms. The van der Waals surface area contributed by atoms with Crippen molar-refractivity contribution in [3.05, 3.63) is 51.0 Å². The number of nitrogens with one attached hydrogen (secondary N) is 1. The van der Waals surface area contributed by atoms with Crippen molar-refractivity contribution in [3.63, 3.8) is 0 Å². The number of ether oxygens (including phenoxy) is 2. The third-order valence-electron chi connectivity index (χ3n) is 8.24. The molecule has 2 saturated heterocycles. The van der Waals surface area contributed by atoms with Crippen molar-refractivity contribution in [1.29, 1.82) is 0 Å². The van der Waals surface area contributed by atoms with E-state index in [0.29, 0.717) is 44.3 Å². The summed E-state index contributed by atoms with van der Waals surface area (Å²) in [5.74, 6) is -0.889. The Bertz CT molecular complexity index is 1230. The summed E-state index contributed by atoms with van der Waals surface area (Å²) >= 11 is 1.60. The third kappa shape index (κ3) is 5.57. The predicted octanol–water partition coefficient (Wildman–Crippen LogP) is 3.21. The van der Waals surface area contributed by atoms with Gasteiger partial charge in [-0.1, -0.05) is 6.07 Å².